The number of aliphatic hydroxyl groups excluding tert-OH is 1. The Morgan fingerprint density at radius 3 is 2.42 bits per heavy atom. The molecule has 0 heterocycles. The molecule has 0 fully saturated rings. The molecular formula is C6H13N3O3. The van der Waals surface area contributed by atoms with Gasteiger partial charge in [-0.1, -0.05) is 0 Å². The summed E-state index contributed by atoms with van der Waals surface area (Å²) in [5, 5.41) is 11.1. The van der Waals surface area contributed by atoms with Crippen LogP contribution in [0, 0.1) is 0 Å². The molecule has 0 spiro atoms. The number of rotatable bonds is 3. The predicted octanol–water partition coefficient (Wildman–Crippen LogP) is -1.90. The number of nitrogens with zero attached hydrogens (tertiary/aromatic N) is 1. The minimum Gasteiger partial charge on any atom is -0.381 e. The van der Waals surface area contributed by atoms with Crippen LogP contribution >= 0.6 is 0 Å². The molecule has 4 N–H and O–H groups in total. The first-order valence-electron chi connectivity index (χ1n) is 3.37. The molecule has 0 rings (SSSR count). The molecule has 70 valence electrons. The fraction of sp³-hybridized carbons (Fsp3) is 0.667. The van der Waals surface area contributed by atoms with Gasteiger partial charge in [0.15, 0.2) is 0 Å². The van der Waals surface area contributed by atoms with Gasteiger partial charge in [-0.15, -0.1) is 0 Å². The van der Waals surface area contributed by atoms with E-state index >= 15 is 0 Å². The van der Waals surface area contributed by atoms with Gasteiger partial charge in [0.25, 0.3) is 0 Å². The monoisotopic (exact) mass is 175 g/mol. The summed E-state index contributed by atoms with van der Waals surface area (Å²) in [6.07, 6.45) is -1.33. The molecule has 6 heteroatoms. The van der Waals surface area contributed by atoms with Crippen LogP contribution in [0.2, 0.25) is 0 Å². The van der Waals surface area contributed by atoms with E-state index in [1.807, 2.05) is 0 Å². The molecule has 0 aliphatic heterocycles. The second kappa shape index (κ2) is 4.55. The van der Waals surface area contributed by atoms with Crippen molar-refractivity contribution in [2.24, 2.45) is 5.73 Å². The summed E-state index contributed by atoms with van der Waals surface area (Å²) in [7, 11) is 3.10. The molecular weight excluding hydrogens is 162 g/mol. The van der Waals surface area contributed by atoms with E-state index in [9.17, 15) is 9.59 Å². The number of urea groups is 1. The van der Waals surface area contributed by atoms with E-state index in [0.717, 1.165) is 0 Å². The fourth-order valence-electron chi connectivity index (χ4n) is 0.443. The van der Waals surface area contributed by atoms with Crippen LogP contribution in [0.25, 0.3) is 0 Å². The second-order valence-electron chi connectivity index (χ2n) is 2.50. The molecule has 0 aromatic heterocycles. The Morgan fingerprint density at radius 2 is 2.08 bits per heavy atom. The Morgan fingerprint density at radius 1 is 1.58 bits per heavy atom. The molecule has 0 aromatic carbocycles. The highest BCUT2D eigenvalue weighted by Crippen LogP contribution is 1.80. The van der Waals surface area contributed by atoms with Crippen LogP contribution < -0.4 is 11.1 Å². The summed E-state index contributed by atoms with van der Waals surface area (Å²) in [5.41, 5.74) is 4.74. The van der Waals surface area contributed by atoms with Crippen LogP contribution in [0.3, 0.4) is 0 Å². The van der Waals surface area contributed by atoms with Crippen LogP contribution in [0.15, 0.2) is 0 Å². The van der Waals surface area contributed by atoms with Crippen LogP contribution in [0.5, 0.6) is 0 Å². The molecule has 0 aliphatic rings. The van der Waals surface area contributed by atoms with E-state index in [1.54, 1.807) is 14.1 Å². The van der Waals surface area contributed by atoms with Crippen LogP contribution in [-0.2, 0) is 4.79 Å². The number of aliphatic hydroxyl groups is 1. The molecule has 0 saturated carbocycles. The van der Waals surface area contributed by atoms with Crippen LogP contribution in [-0.4, -0.2) is 48.7 Å². The number of carbonyl (C=O) groups is 2. The van der Waals surface area contributed by atoms with Crippen molar-refractivity contribution in [3.63, 3.8) is 0 Å². The SMILES string of the molecule is CN(C)C(=O)NCC(O)C(N)=O. The summed E-state index contributed by atoms with van der Waals surface area (Å²) in [5.74, 6) is -0.853. The van der Waals surface area contributed by atoms with Gasteiger partial charge in [-0.05, 0) is 0 Å². The quantitative estimate of drug-likeness (QED) is 0.467. The molecule has 1 atom stereocenters. The van der Waals surface area contributed by atoms with Crippen molar-refractivity contribution in [3.05, 3.63) is 0 Å². The van der Waals surface area contributed by atoms with Gasteiger partial charge in [-0.25, -0.2) is 4.79 Å². The Kier molecular flexibility index (Phi) is 4.06. The van der Waals surface area contributed by atoms with Gasteiger partial charge in [-0.3, -0.25) is 4.79 Å². The summed E-state index contributed by atoms with van der Waals surface area (Å²) in [4.78, 5) is 22.4. The Bertz CT molecular complexity index is 181. The average Bonchev–Trinajstić information content (AvgIpc) is 1.98. The van der Waals surface area contributed by atoms with Crippen molar-refractivity contribution in [2.75, 3.05) is 20.6 Å². The summed E-state index contributed by atoms with van der Waals surface area (Å²) in [6.45, 7) is -0.160. The molecule has 6 nitrogen and oxygen atoms in total. The topological polar surface area (TPSA) is 95.7 Å². The molecule has 3 amide bonds. The van der Waals surface area contributed by atoms with Gasteiger partial charge in [0.1, 0.15) is 6.10 Å². The van der Waals surface area contributed by atoms with Crippen LogP contribution in [0.4, 0.5) is 4.79 Å². The standard InChI is InChI=1S/C6H13N3O3/c1-9(2)6(12)8-3-4(10)5(7)11/h4,10H,3H2,1-2H3,(H2,7,11)(H,8,12). The highest BCUT2D eigenvalue weighted by Gasteiger charge is 2.12. The lowest BCUT2D eigenvalue weighted by Crippen LogP contribution is -2.43. The van der Waals surface area contributed by atoms with Gasteiger partial charge < -0.3 is 21.1 Å². The lowest BCUT2D eigenvalue weighted by molar-refractivity contribution is -0.125. The molecule has 0 radical (unpaired) electrons. The molecule has 12 heavy (non-hydrogen) atoms. The number of nitrogens with one attached hydrogen (secondary N) is 1. The number of primary amides is 1. The zero-order valence-corrected chi connectivity index (χ0v) is 7.07. The largest absolute Gasteiger partial charge is 0.381 e. The van der Waals surface area contributed by atoms with Gasteiger partial charge >= 0.3 is 6.03 Å². The van der Waals surface area contributed by atoms with Crippen molar-refractivity contribution < 1.29 is 14.7 Å². The zero-order chi connectivity index (χ0) is 9.72. The maximum absolute atomic E-state index is 10.8. The maximum Gasteiger partial charge on any atom is 0.316 e. The highest BCUT2D eigenvalue weighted by molar-refractivity contribution is 5.80. The molecule has 0 aliphatic carbocycles. The third-order valence-electron chi connectivity index (χ3n) is 1.18. The Hall–Kier alpha value is -1.30. The van der Waals surface area contributed by atoms with Gasteiger partial charge in [0, 0.05) is 14.1 Å². The van der Waals surface area contributed by atoms with Gasteiger partial charge in [0.05, 0.1) is 6.54 Å². The van der Waals surface area contributed by atoms with E-state index in [2.05, 4.69) is 5.32 Å². The first-order chi connectivity index (χ1) is 5.45. The third kappa shape index (κ3) is 3.77. The minimum atomic E-state index is -1.33. The fourth-order valence-corrected chi connectivity index (χ4v) is 0.443. The number of hydrogen-bond donors (Lipinski definition) is 3. The highest BCUT2D eigenvalue weighted by atomic mass is 16.3. The summed E-state index contributed by atoms with van der Waals surface area (Å²) < 4.78 is 0. The van der Waals surface area contributed by atoms with Crippen molar-refractivity contribution >= 4 is 11.9 Å². The molecule has 0 aromatic rings. The van der Waals surface area contributed by atoms with E-state index in [4.69, 9.17) is 10.8 Å². The van der Waals surface area contributed by atoms with E-state index in [1.165, 1.54) is 4.90 Å². The normalized spacial score (nSPS) is 11.9. The minimum absolute atomic E-state index is 0.160. The lowest BCUT2D eigenvalue weighted by atomic mass is 10.3. The van der Waals surface area contributed by atoms with Gasteiger partial charge in [0.2, 0.25) is 5.91 Å². The summed E-state index contributed by atoms with van der Waals surface area (Å²) in [6, 6.07) is -0.379. The zero-order valence-electron chi connectivity index (χ0n) is 7.07. The number of carbonyl (C=O) groups excluding carboxylic acids is 2. The first-order valence-corrected chi connectivity index (χ1v) is 3.37. The Balaban J connectivity index is 3.69. The van der Waals surface area contributed by atoms with Crippen molar-refractivity contribution in [2.45, 2.75) is 6.10 Å². The maximum atomic E-state index is 10.8. The number of amides is 3. The smallest absolute Gasteiger partial charge is 0.316 e. The van der Waals surface area contributed by atoms with Gasteiger partial charge in [-0.2, -0.15) is 0 Å². The van der Waals surface area contributed by atoms with E-state index in [-0.39, 0.29) is 12.6 Å². The van der Waals surface area contributed by atoms with Crippen molar-refractivity contribution in [1.29, 1.82) is 0 Å². The average molecular weight is 175 g/mol. The second-order valence-corrected chi connectivity index (χ2v) is 2.50. The Labute approximate surface area is 70.3 Å². The summed E-state index contributed by atoms with van der Waals surface area (Å²) >= 11 is 0. The van der Waals surface area contributed by atoms with E-state index in [0.29, 0.717) is 0 Å². The van der Waals surface area contributed by atoms with Crippen molar-refractivity contribution in [3.8, 4) is 0 Å². The lowest BCUT2D eigenvalue weighted by Gasteiger charge is -2.13. The van der Waals surface area contributed by atoms with Crippen molar-refractivity contribution in [1.82, 2.24) is 10.2 Å². The molecule has 1 unspecified atom stereocenters. The number of hydrogen-bond acceptors (Lipinski definition) is 3. The molecule has 0 saturated heterocycles. The molecule has 0 bridgehead atoms. The first kappa shape index (κ1) is 10.7. The third-order valence-corrected chi connectivity index (χ3v) is 1.18. The predicted molar refractivity (Wildman–Crippen MR) is 42.3 cm³/mol. The van der Waals surface area contributed by atoms with Crippen LogP contribution in [0.1, 0.15) is 0 Å². The number of nitrogens with two attached hydrogens (primary N) is 1. The van der Waals surface area contributed by atoms with E-state index < -0.39 is 12.0 Å².